The van der Waals surface area contributed by atoms with Crippen LogP contribution in [-0.2, 0) is 4.79 Å². The van der Waals surface area contributed by atoms with Crippen LogP contribution in [0.15, 0.2) is 24.3 Å². The summed E-state index contributed by atoms with van der Waals surface area (Å²) in [5, 5.41) is 0. The monoisotopic (exact) mass is 319 g/mol. The molecule has 0 aromatic heterocycles. The van der Waals surface area contributed by atoms with E-state index in [4.69, 9.17) is 4.74 Å². The van der Waals surface area contributed by atoms with Crippen LogP contribution in [0.25, 0.3) is 0 Å². The van der Waals surface area contributed by atoms with E-state index in [9.17, 15) is 9.18 Å². The molecule has 0 spiro atoms. The van der Waals surface area contributed by atoms with Crippen LogP contribution >= 0.6 is 0 Å². The third-order valence-electron chi connectivity index (χ3n) is 5.22. The molecule has 3 nitrogen and oxygen atoms in total. The summed E-state index contributed by atoms with van der Waals surface area (Å²) in [4.78, 5) is 14.5. The Morgan fingerprint density at radius 3 is 2.61 bits per heavy atom. The van der Waals surface area contributed by atoms with Crippen molar-refractivity contribution in [3.05, 3.63) is 30.1 Å². The van der Waals surface area contributed by atoms with Crippen LogP contribution < -0.4 is 4.74 Å². The maximum absolute atomic E-state index is 13.1. The number of likely N-dealkylation sites (tertiary alicyclic amines) is 1. The molecule has 1 aliphatic carbocycles. The van der Waals surface area contributed by atoms with Crippen molar-refractivity contribution in [3.63, 3.8) is 0 Å². The molecule has 1 aromatic carbocycles. The molecule has 1 heterocycles. The first-order chi connectivity index (χ1) is 11.2. The van der Waals surface area contributed by atoms with E-state index in [1.165, 1.54) is 25.0 Å². The molecule has 0 atom stereocenters. The number of hydrogen-bond donors (Lipinski definition) is 0. The average molecular weight is 319 g/mol. The van der Waals surface area contributed by atoms with Crippen molar-refractivity contribution in [2.75, 3.05) is 19.7 Å². The van der Waals surface area contributed by atoms with E-state index >= 15 is 0 Å². The Balaban J connectivity index is 1.36. The molecule has 1 saturated carbocycles. The van der Waals surface area contributed by atoms with Gasteiger partial charge < -0.3 is 9.64 Å². The molecule has 1 amide bonds. The highest BCUT2D eigenvalue weighted by Gasteiger charge is 2.29. The molecule has 3 rings (SSSR count). The summed E-state index contributed by atoms with van der Waals surface area (Å²) in [5.41, 5.74) is 0. The minimum atomic E-state index is -0.263. The van der Waals surface area contributed by atoms with Crippen LogP contribution in [0.5, 0.6) is 5.75 Å². The molecule has 0 bridgehead atoms. The number of benzene rings is 1. The van der Waals surface area contributed by atoms with Gasteiger partial charge in [0.25, 0.3) is 0 Å². The van der Waals surface area contributed by atoms with Gasteiger partial charge in [-0.3, -0.25) is 4.79 Å². The van der Waals surface area contributed by atoms with Gasteiger partial charge >= 0.3 is 0 Å². The lowest BCUT2D eigenvalue weighted by Crippen LogP contribution is -2.41. The van der Waals surface area contributed by atoms with E-state index in [0.29, 0.717) is 30.1 Å². The first kappa shape index (κ1) is 16.3. The van der Waals surface area contributed by atoms with Crippen LogP contribution in [-0.4, -0.2) is 30.5 Å². The van der Waals surface area contributed by atoms with Gasteiger partial charge in [0.2, 0.25) is 5.91 Å². The zero-order valence-electron chi connectivity index (χ0n) is 13.7. The fourth-order valence-electron chi connectivity index (χ4n) is 3.77. The molecule has 1 saturated heterocycles. The van der Waals surface area contributed by atoms with E-state index in [2.05, 4.69) is 4.90 Å². The summed E-state index contributed by atoms with van der Waals surface area (Å²) in [7, 11) is 0. The molecule has 0 radical (unpaired) electrons. The molecule has 0 unspecified atom stereocenters. The standard InChI is InChI=1S/C19H26FNO2/c20-17-6-3-7-18(14-17)23-13-10-15-8-11-21(12-9-15)19(22)16-4-1-2-5-16/h3,6-7,14-16H,1-2,4-5,8-13H2. The Morgan fingerprint density at radius 2 is 1.91 bits per heavy atom. The van der Waals surface area contributed by atoms with Gasteiger partial charge in [-0.1, -0.05) is 18.9 Å². The molecule has 0 N–H and O–H groups in total. The topological polar surface area (TPSA) is 29.5 Å². The molecular formula is C19H26FNO2. The Hall–Kier alpha value is -1.58. The van der Waals surface area contributed by atoms with E-state index in [-0.39, 0.29) is 5.82 Å². The zero-order chi connectivity index (χ0) is 16.1. The summed E-state index contributed by atoms with van der Waals surface area (Å²) in [6.45, 7) is 2.39. The Kier molecular flexibility index (Phi) is 5.52. The maximum atomic E-state index is 13.1. The second kappa shape index (κ2) is 7.80. The summed E-state index contributed by atoms with van der Waals surface area (Å²) in [6, 6.07) is 6.29. The molecule has 126 valence electrons. The Bertz CT molecular complexity index is 520. The van der Waals surface area contributed by atoms with E-state index in [1.807, 2.05) is 0 Å². The average Bonchev–Trinajstić information content (AvgIpc) is 3.09. The van der Waals surface area contributed by atoms with Gasteiger partial charge in [-0.15, -0.1) is 0 Å². The Labute approximate surface area is 137 Å². The van der Waals surface area contributed by atoms with Gasteiger partial charge in [-0.2, -0.15) is 0 Å². The quantitative estimate of drug-likeness (QED) is 0.820. The predicted octanol–water partition coefficient (Wildman–Crippen LogP) is 4.02. The Morgan fingerprint density at radius 1 is 1.17 bits per heavy atom. The SMILES string of the molecule is O=C(C1CCCC1)N1CCC(CCOc2cccc(F)c2)CC1. The van der Waals surface area contributed by atoms with E-state index < -0.39 is 0 Å². The largest absolute Gasteiger partial charge is 0.493 e. The molecule has 23 heavy (non-hydrogen) atoms. The molecule has 2 fully saturated rings. The second-order valence-electron chi connectivity index (χ2n) is 6.84. The minimum Gasteiger partial charge on any atom is -0.493 e. The van der Waals surface area contributed by atoms with Gasteiger partial charge in [-0.25, -0.2) is 4.39 Å². The summed E-state index contributed by atoms with van der Waals surface area (Å²) in [6.07, 6.45) is 7.69. The van der Waals surface area contributed by atoms with Crippen molar-refractivity contribution >= 4 is 5.91 Å². The molecule has 2 aliphatic rings. The van der Waals surface area contributed by atoms with Gasteiger partial charge in [-0.05, 0) is 50.2 Å². The lowest BCUT2D eigenvalue weighted by atomic mass is 9.93. The van der Waals surface area contributed by atoms with Crippen molar-refractivity contribution in [1.82, 2.24) is 4.90 Å². The number of amides is 1. The van der Waals surface area contributed by atoms with Crippen molar-refractivity contribution in [2.45, 2.75) is 44.9 Å². The number of ether oxygens (including phenoxy) is 1. The maximum Gasteiger partial charge on any atom is 0.225 e. The molecule has 1 aliphatic heterocycles. The van der Waals surface area contributed by atoms with Crippen molar-refractivity contribution in [3.8, 4) is 5.75 Å². The lowest BCUT2D eigenvalue weighted by Gasteiger charge is -2.33. The highest BCUT2D eigenvalue weighted by molar-refractivity contribution is 5.79. The number of hydrogen-bond acceptors (Lipinski definition) is 2. The minimum absolute atomic E-state index is 0.263. The zero-order valence-corrected chi connectivity index (χ0v) is 13.7. The molecular weight excluding hydrogens is 293 g/mol. The van der Waals surface area contributed by atoms with Gasteiger partial charge in [0.15, 0.2) is 0 Å². The van der Waals surface area contributed by atoms with Crippen molar-refractivity contribution < 1.29 is 13.9 Å². The summed E-state index contributed by atoms with van der Waals surface area (Å²) >= 11 is 0. The fraction of sp³-hybridized carbons (Fsp3) is 0.632. The first-order valence-electron chi connectivity index (χ1n) is 8.89. The summed E-state index contributed by atoms with van der Waals surface area (Å²) < 4.78 is 18.7. The third-order valence-corrected chi connectivity index (χ3v) is 5.22. The van der Waals surface area contributed by atoms with Crippen LogP contribution in [0.1, 0.15) is 44.9 Å². The van der Waals surface area contributed by atoms with Crippen LogP contribution in [0.3, 0.4) is 0 Å². The van der Waals surface area contributed by atoms with Crippen molar-refractivity contribution in [1.29, 1.82) is 0 Å². The van der Waals surface area contributed by atoms with Crippen LogP contribution in [0, 0.1) is 17.7 Å². The number of piperidine rings is 1. The third kappa shape index (κ3) is 4.46. The highest BCUT2D eigenvalue weighted by Crippen LogP contribution is 2.29. The number of carbonyl (C=O) groups is 1. The normalized spacial score (nSPS) is 20.0. The predicted molar refractivity (Wildman–Crippen MR) is 87.8 cm³/mol. The van der Waals surface area contributed by atoms with E-state index in [0.717, 1.165) is 45.2 Å². The van der Waals surface area contributed by atoms with Crippen molar-refractivity contribution in [2.24, 2.45) is 11.8 Å². The highest BCUT2D eigenvalue weighted by atomic mass is 19.1. The lowest BCUT2D eigenvalue weighted by molar-refractivity contribution is -0.136. The second-order valence-corrected chi connectivity index (χ2v) is 6.84. The summed E-state index contributed by atoms with van der Waals surface area (Å²) in [5.74, 6) is 1.62. The van der Waals surface area contributed by atoms with Gasteiger partial charge in [0.05, 0.1) is 6.61 Å². The molecule has 4 heteroatoms. The van der Waals surface area contributed by atoms with Gasteiger partial charge in [0, 0.05) is 25.1 Å². The van der Waals surface area contributed by atoms with Crippen LogP contribution in [0.2, 0.25) is 0 Å². The first-order valence-corrected chi connectivity index (χ1v) is 8.89. The van der Waals surface area contributed by atoms with Crippen LogP contribution in [0.4, 0.5) is 4.39 Å². The number of halogens is 1. The molecule has 1 aromatic rings. The smallest absolute Gasteiger partial charge is 0.225 e. The van der Waals surface area contributed by atoms with E-state index in [1.54, 1.807) is 12.1 Å². The number of nitrogens with zero attached hydrogens (tertiary/aromatic N) is 1. The fourth-order valence-corrected chi connectivity index (χ4v) is 3.77. The van der Waals surface area contributed by atoms with Gasteiger partial charge in [0.1, 0.15) is 11.6 Å². The number of carbonyl (C=O) groups excluding carboxylic acids is 1. The number of rotatable bonds is 5.